The van der Waals surface area contributed by atoms with Crippen molar-refractivity contribution in [2.75, 3.05) is 19.0 Å². The second-order valence-electron chi connectivity index (χ2n) is 5.99. The van der Waals surface area contributed by atoms with Gasteiger partial charge in [-0.05, 0) is 54.8 Å². The van der Waals surface area contributed by atoms with Crippen molar-refractivity contribution in [1.82, 2.24) is 5.43 Å². The number of nitrogens with one attached hydrogen (secondary N) is 2. The van der Waals surface area contributed by atoms with Gasteiger partial charge < -0.3 is 19.9 Å². The van der Waals surface area contributed by atoms with Crippen molar-refractivity contribution in [2.45, 2.75) is 13.8 Å². The molecule has 0 aromatic heterocycles. The molecule has 0 radical (unpaired) electrons. The quantitative estimate of drug-likeness (QED) is 0.371. The second-order valence-corrected chi connectivity index (χ2v) is 5.99. The first kappa shape index (κ1) is 21.4. The van der Waals surface area contributed by atoms with Gasteiger partial charge in [-0.3, -0.25) is 9.59 Å². The Morgan fingerprint density at radius 3 is 2.55 bits per heavy atom. The molecule has 2 rings (SSSR count). The fourth-order valence-corrected chi connectivity index (χ4v) is 2.31. The van der Waals surface area contributed by atoms with Crippen molar-refractivity contribution in [3.63, 3.8) is 0 Å². The first-order chi connectivity index (χ1) is 13.8. The Labute approximate surface area is 167 Å². The van der Waals surface area contributed by atoms with Crippen LogP contribution in [0.3, 0.4) is 0 Å². The number of carbonyl (C=O) groups excluding carboxylic acids is 2. The van der Waals surface area contributed by atoms with Crippen LogP contribution in [0.2, 0.25) is 0 Å². The normalized spacial score (nSPS) is 10.4. The number of carboxylic acids is 1. The average Bonchev–Trinajstić information content (AvgIpc) is 2.69. The number of aliphatic carboxylic acids is 1. The molecule has 0 saturated heterocycles. The molecule has 0 spiro atoms. The summed E-state index contributed by atoms with van der Waals surface area (Å²) in [5.74, 6) is -2.32. The lowest BCUT2D eigenvalue weighted by molar-refractivity contribution is -0.139. The van der Waals surface area contributed by atoms with E-state index in [-0.39, 0.29) is 5.75 Å². The monoisotopic (exact) mass is 399 g/mol. The number of carboxylic acid groups (broad SMARTS) is 1. The van der Waals surface area contributed by atoms with Crippen LogP contribution in [0.5, 0.6) is 11.5 Å². The minimum Gasteiger partial charge on any atom is -0.493 e. The third-order valence-corrected chi connectivity index (χ3v) is 3.98. The highest BCUT2D eigenvalue weighted by atomic mass is 16.5. The van der Waals surface area contributed by atoms with Crippen LogP contribution in [-0.4, -0.2) is 42.8 Å². The van der Waals surface area contributed by atoms with Gasteiger partial charge in [0.25, 0.3) is 0 Å². The van der Waals surface area contributed by atoms with Crippen LogP contribution >= 0.6 is 0 Å². The fraction of sp³-hybridized carbons (Fsp3) is 0.200. The van der Waals surface area contributed by atoms with Crippen molar-refractivity contribution < 1.29 is 29.0 Å². The predicted molar refractivity (Wildman–Crippen MR) is 106 cm³/mol. The molecule has 0 bridgehead atoms. The minimum absolute atomic E-state index is 0.254. The number of carbonyl (C=O) groups is 3. The number of nitrogens with zero attached hydrogens (tertiary/aromatic N) is 1. The van der Waals surface area contributed by atoms with Crippen LogP contribution in [0.1, 0.15) is 16.7 Å². The molecule has 0 heterocycles. The Kier molecular flexibility index (Phi) is 7.30. The van der Waals surface area contributed by atoms with Gasteiger partial charge in [-0.1, -0.05) is 12.1 Å². The van der Waals surface area contributed by atoms with Crippen molar-refractivity contribution >= 4 is 29.7 Å². The maximum atomic E-state index is 12.0. The number of anilines is 1. The van der Waals surface area contributed by atoms with Gasteiger partial charge in [0.1, 0.15) is 0 Å². The Hall–Kier alpha value is -3.88. The molecular weight excluding hydrogens is 378 g/mol. The Balaban J connectivity index is 1.97. The maximum absolute atomic E-state index is 12.0. The maximum Gasteiger partial charge on any atom is 0.341 e. The lowest BCUT2D eigenvalue weighted by Gasteiger charge is -2.10. The number of benzene rings is 2. The highest BCUT2D eigenvalue weighted by Crippen LogP contribution is 2.27. The molecule has 0 atom stereocenters. The van der Waals surface area contributed by atoms with E-state index in [4.69, 9.17) is 14.6 Å². The van der Waals surface area contributed by atoms with E-state index in [0.717, 1.165) is 11.1 Å². The van der Waals surface area contributed by atoms with Gasteiger partial charge in [0.2, 0.25) is 0 Å². The average molecular weight is 399 g/mol. The number of aryl methyl sites for hydroxylation is 1. The first-order valence-corrected chi connectivity index (χ1v) is 8.55. The number of rotatable bonds is 7. The molecule has 0 fully saturated rings. The smallest absolute Gasteiger partial charge is 0.341 e. The van der Waals surface area contributed by atoms with Gasteiger partial charge in [0, 0.05) is 5.69 Å². The topological polar surface area (TPSA) is 126 Å². The van der Waals surface area contributed by atoms with Gasteiger partial charge >= 0.3 is 17.8 Å². The van der Waals surface area contributed by atoms with Gasteiger partial charge in [0.05, 0.1) is 13.3 Å². The van der Waals surface area contributed by atoms with E-state index >= 15 is 0 Å². The predicted octanol–water partition coefficient (Wildman–Crippen LogP) is 1.86. The number of amides is 2. The third kappa shape index (κ3) is 6.06. The standard InChI is InChI=1S/C20H21N3O6/c1-12-5-4-6-15(13(12)2)22-19(26)20(27)23-21-10-14-7-8-16(17(9-14)28-3)29-11-18(24)25/h4-10H,11H2,1-3H3,(H,22,26)(H,23,27)(H,24,25)/b21-10-. The molecule has 2 aromatic rings. The summed E-state index contributed by atoms with van der Waals surface area (Å²) >= 11 is 0. The van der Waals surface area contributed by atoms with Crippen molar-refractivity contribution in [3.05, 3.63) is 53.1 Å². The highest BCUT2D eigenvalue weighted by molar-refractivity contribution is 6.39. The van der Waals surface area contributed by atoms with Crippen LogP contribution in [0.15, 0.2) is 41.5 Å². The molecule has 152 valence electrons. The molecule has 9 heteroatoms. The number of hydrogen-bond acceptors (Lipinski definition) is 6. The Morgan fingerprint density at radius 1 is 1.10 bits per heavy atom. The van der Waals surface area contributed by atoms with E-state index in [1.807, 2.05) is 19.9 Å². The molecule has 0 aliphatic carbocycles. The molecule has 0 aliphatic rings. The van der Waals surface area contributed by atoms with Gasteiger partial charge in [-0.2, -0.15) is 5.10 Å². The van der Waals surface area contributed by atoms with Crippen LogP contribution in [0, 0.1) is 13.8 Å². The minimum atomic E-state index is -1.11. The fourth-order valence-electron chi connectivity index (χ4n) is 2.31. The van der Waals surface area contributed by atoms with Gasteiger partial charge in [-0.15, -0.1) is 0 Å². The van der Waals surface area contributed by atoms with Crippen molar-refractivity contribution in [3.8, 4) is 11.5 Å². The summed E-state index contributed by atoms with van der Waals surface area (Å²) in [5.41, 5.74) is 5.10. The third-order valence-electron chi connectivity index (χ3n) is 3.98. The SMILES string of the molecule is COc1cc(/C=N\NC(=O)C(=O)Nc2cccc(C)c2C)ccc1OCC(=O)O. The number of methoxy groups -OCH3 is 1. The number of ether oxygens (including phenoxy) is 2. The highest BCUT2D eigenvalue weighted by Gasteiger charge is 2.14. The molecule has 29 heavy (non-hydrogen) atoms. The van der Waals surface area contributed by atoms with Crippen molar-refractivity contribution in [2.24, 2.45) is 5.10 Å². The largest absolute Gasteiger partial charge is 0.493 e. The van der Waals surface area contributed by atoms with E-state index in [9.17, 15) is 14.4 Å². The molecule has 3 N–H and O–H groups in total. The van der Waals surface area contributed by atoms with E-state index in [1.165, 1.54) is 19.4 Å². The number of hydrogen-bond donors (Lipinski definition) is 3. The zero-order valence-electron chi connectivity index (χ0n) is 16.2. The summed E-state index contributed by atoms with van der Waals surface area (Å²) in [6.45, 7) is 3.25. The molecule has 2 amide bonds. The van der Waals surface area contributed by atoms with Crippen LogP contribution in [0.25, 0.3) is 0 Å². The first-order valence-electron chi connectivity index (χ1n) is 8.55. The number of hydrazone groups is 1. The zero-order chi connectivity index (χ0) is 21.4. The zero-order valence-corrected chi connectivity index (χ0v) is 16.2. The Bertz CT molecular complexity index is 955. The second kappa shape index (κ2) is 9.88. The molecule has 0 saturated carbocycles. The van der Waals surface area contributed by atoms with Gasteiger partial charge in [0.15, 0.2) is 18.1 Å². The van der Waals surface area contributed by atoms with E-state index in [1.54, 1.807) is 24.3 Å². The molecule has 2 aromatic carbocycles. The van der Waals surface area contributed by atoms with Gasteiger partial charge in [-0.25, -0.2) is 10.2 Å². The summed E-state index contributed by atoms with van der Waals surface area (Å²) in [4.78, 5) is 34.5. The van der Waals surface area contributed by atoms with Crippen LogP contribution < -0.4 is 20.2 Å². The summed E-state index contributed by atoms with van der Waals surface area (Å²) < 4.78 is 10.2. The van der Waals surface area contributed by atoms with E-state index in [2.05, 4.69) is 15.8 Å². The lowest BCUT2D eigenvalue weighted by Crippen LogP contribution is -2.32. The molecule has 0 unspecified atom stereocenters. The van der Waals surface area contributed by atoms with Crippen LogP contribution in [0.4, 0.5) is 5.69 Å². The molecule has 0 aliphatic heterocycles. The lowest BCUT2D eigenvalue weighted by atomic mass is 10.1. The van der Waals surface area contributed by atoms with E-state index in [0.29, 0.717) is 17.0 Å². The molecule has 9 nitrogen and oxygen atoms in total. The van der Waals surface area contributed by atoms with Crippen LogP contribution in [-0.2, 0) is 14.4 Å². The summed E-state index contributed by atoms with van der Waals surface area (Å²) in [6, 6.07) is 10.0. The Morgan fingerprint density at radius 2 is 1.86 bits per heavy atom. The summed E-state index contributed by atoms with van der Waals surface area (Å²) in [7, 11) is 1.41. The summed E-state index contributed by atoms with van der Waals surface area (Å²) in [6.07, 6.45) is 1.31. The molecular formula is C20H21N3O6. The van der Waals surface area contributed by atoms with Crippen molar-refractivity contribution in [1.29, 1.82) is 0 Å². The van der Waals surface area contributed by atoms with E-state index < -0.39 is 24.4 Å². The summed E-state index contributed by atoms with van der Waals surface area (Å²) in [5, 5.41) is 15.0.